The van der Waals surface area contributed by atoms with Crippen LogP contribution < -0.4 is 4.74 Å². The Morgan fingerprint density at radius 3 is 2.52 bits per heavy atom. The van der Waals surface area contributed by atoms with E-state index in [0.717, 1.165) is 12.1 Å². The Morgan fingerprint density at radius 1 is 1.38 bits per heavy atom. The summed E-state index contributed by atoms with van der Waals surface area (Å²) in [5.41, 5.74) is 0.104. The van der Waals surface area contributed by atoms with E-state index < -0.39 is 24.5 Å². The highest BCUT2D eigenvalue weighted by atomic mass is 35.5. The molecule has 0 aliphatic heterocycles. The van der Waals surface area contributed by atoms with Crippen molar-refractivity contribution in [2.24, 2.45) is 0 Å². The smallest absolute Gasteiger partial charge is 0.466 e. The van der Waals surface area contributed by atoms with Gasteiger partial charge in [-0.05, 0) is 24.6 Å². The molecule has 0 fully saturated rings. The predicted molar refractivity (Wildman–Crippen MR) is 67.7 cm³/mol. The second kappa shape index (κ2) is 7.18. The molecule has 0 atom stereocenters. The number of benzene rings is 1. The molecule has 0 aliphatic rings. The number of hydrogen-bond acceptors (Lipinski definition) is 4. The normalized spacial score (nSPS) is 10.9. The molecule has 1 aromatic rings. The Hall–Kier alpha value is -1.94. The van der Waals surface area contributed by atoms with Gasteiger partial charge in [-0.15, -0.1) is 24.8 Å². The predicted octanol–water partition coefficient (Wildman–Crippen LogP) is 3.30. The monoisotopic (exact) mass is 321 g/mol. The molecule has 0 bridgehead atoms. The lowest BCUT2D eigenvalue weighted by molar-refractivity contribution is -0.275. The van der Waals surface area contributed by atoms with Crippen molar-refractivity contribution in [3.05, 3.63) is 28.8 Å². The van der Waals surface area contributed by atoms with E-state index in [1.165, 1.54) is 0 Å². The standard InChI is InChI=1S/C13H11ClF3NO3/c1-2-20-12(19)5-9-10(6-14)8(7-18)3-4-11(9)21-13(15,16)17/h3-4H,2,5-6H2,1H3. The van der Waals surface area contributed by atoms with Crippen molar-refractivity contribution < 1.29 is 27.4 Å². The van der Waals surface area contributed by atoms with Crippen molar-refractivity contribution in [3.8, 4) is 11.8 Å². The highest BCUT2D eigenvalue weighted by molar-refractivity contribution is 6.17. The molecule has 0 unspecified atom stereocenters. The number of carbonyl (C=O) groups excluding carboxylic acids is 1. The molecule has 0 aliphatic carbocycles. The molecule has 0 radical (unpaired) electrons. The van der Waals surface area contributed by atoms with Gasteiger partial charge in [0.2, 0.25) is 0 Å². The van der Waals surface area contributed by atoms with Crippen LogP contribution in [0.2, 0.25) is 0 Å². The number of ether oxygens (including phenoxy) is 2. The molecule has 1 rings (SSSR count). The first-order valence-corrected chi connectivity index (χ1v) is 6.38. The Morgan fingerprint density at radius 2 is 2.05 bits per heavy atom. The fraction of sp³-hybridized carbons (Fsp3) is 0.385. The van der Waals surface area contributed by atoms with Gasteiger partial charge < -0.3 is 9.47 Å². The first-order valence-electron chi connectivity index (χ1n) is 5.84. The van der Waals surface area contributed by atoms with Crippen LogP contribution in [-0.4, -0.2) is 18.9 Å². The maximum Gasteiger partial charge on any atom is 0.573 e. The van der Waals surface area contributed by atoms with E-state index in [4.69, 9.17) is 21.6 Å². The fourth-order valence-electron chi connectivity index (χ4n) is 1.70. The van der Waals surface area contributed by atoms with Crippen molar-refractivity contribution in [1.29, 1.82) is 5.26 Å². The summed E-state index contributed by atoms with van der Waals surface area (Å²) in [7, 11) is 0. The van der Waals surface area contributed by atoms with Crippen LogP contribution in [0.15, 0.2) is 12.1 Å². The van der Waals surface area contributed by atoms with Gasteiger partial charge in [0.15, 0.2) is 0 Å². The number of nitrogens with zero attached hydrogens (tertiary/aromatic N) is 1. The lowest BCUT2D eigenvalue weighted by atomic mass is 9.99. The molecule has 0 saturated carbocycles. The highest BCUT2D eigenvalue weighted by Gasteiger charge is 2.33. The summed E-state index contributed by atoms with van der Waals surface area (Å²) < 4.78 is 45.7. The van der Waals surface area contributed by atoms with Gasteiger partial charge >= 0.3 is 12.3 Å². The minimum atomic E-state index is -4.92. The van der Waals surface area contributed by atoms with Crippen LogP contribution in [-0.2, 0) is 21.8 Å². The van der Waals surface area contributed by atoms with Crippen LogP contribution >= 0.6 is 11.6 Å². The molecule has 114 valence electrons. The molecule has 0 amide bonds. The molecule has 0 spiro atoms. The summed E-state index contributed by atoms with van der Waals surface area (Å²) in [5.74, 6) is -1.52. The zero-order valence-electron chi connectivity index (χ0n) is 11.0. The molecule has 21 heavy (non-hydrogen) atoms. The fourth-order valence-corrected chi connectivity index (χ4v) is 2.00. The van der Waals surface area contributed by atoms with Gasteiger partial charge in [-0.3, -0.25) is 4.79 Å². The second-order valence-electron chi connectivity index (χ2n) is 3.84. The van der Waals surface area contributed by atoms with Crippen LogP contribution in [0.3, 0.4) is 0 Å². The van der Waals surface area contributed by atoms with Crippen LogP contribution in [0, 0.1) is 11.3 Å². The number of esters is 1. The van der Waals surface area contributed by atoms with Crippen molar-refractivity contribution >= 4 is 17.6 Å². The average Bonchev–Trinajstić information content (AvgIpc) is 2.39. The van der Waals surface area contributed by atoms with Crippen molar-refractivity contribution in [1.82, 2.24) is 0 Å². The van der Waals surface area contributed by atoms with E-state index in [0.29, 0.717) is 0 Å². The summed E-state index contributed by atoms with van der Waals surface area (Å²) in [6, 6.07) is 3.95. The Labute approximate surface area is 124 Å². The second-order valence-corrected chi connectivity index (χ2v) is 4.11. The molecule has 1 aromatic carbocycles. The van der Waals surface area contributed by atoms with Gasteiger partial charge in [-0.25, -0.2) is 0 Å². The Bertz CT molecular complexity index is 567. The van der Waals surface area contributed by atoms with Crippen LogP contribution in [0.4, 0.5) is 13.2 Å². The molecule has 0 N–H and O–H groups in total. The largest absolute Gasteiger partial charge is 0.573 e. The zero-order chi connectivity index (χ0) is 16.0. The molecular formula is C13H11ClF3NO3. The highest BCUT2D eigenvalue weighted by Crippen LogP contribution is 2.32. The van der Waals surface area contributed by atoms with Gasteiger partial charge in [0.25, 0.3) is 0 Å². The molecule has 0 aromatic heterocycles. The Balaban J connectivity index is 3.30. The first-order chi connectivity index (χ1) is 9.82. The summed E-state index contributed by atoms with van der Waals surface area (Å²) >= 11 is 5.68. The number of alkyl halides is 4. The van der Waals surface area contributed by atoms with Crippen LogP contribution in [0.1, 0.15) is 23.6 Å². The third-order valence-corrected chi connectivity index (χ3v) is 2.76. The van der Waals surface area contributed by atoms with E-state index in [2.05, 4.69) is 4.74 Å². The van der Waals surface area contributed by atoms with Gasteiger partial charge in [-0.1, -0.05) is 0 Å². The number of nitriles is 1. The number of hydrogen-bond donors (Lipinski definition) is 0. The third-order valence-electron chi connectivity index (χ3n) is 2.49. The summed E-state index contributed by atoms with van der Waals surface area (Å²) in [6.07, 6.45) is -5.38. The quantitative estimate of drug-likeness (QED) is 0.616. The lowest BCUT2D eigenvalue weighted by Crippen LogP contribution is -2.20. The maximum absolute atomic E-state index is 12.4. The number of rotatable bonds is 5. The molecular weight excluding hydrogens is 311 g/mol. The minimum absolute atomic E-state index is 0.0822. The minimum Gasteiger partial charge on any atom is -0.466 e. The Kier molecular flexibility index (Phi) is 5.85. The lowest BCUT2D eigenvalue weighted by Gasteiger charge is -2.16. The average molecular weight is 322 g/mol. The van der Waals surface area contributed by atoms with E-state index in [-0.39, 0.29) is 29.2 Å². The molecule has 8 heteroatoms. The summed E-state index contributed by atoms with van der Waals surface area (Å²) in [4.78, 5) is 11.5. The van der Waals surface area contributed by atoms with E-state index in [1.807, 2.05) is 6.07 Å². The van der Waals surface area contributed by atoms with Crippen LogP contribution in [0.5, 0.6) is 5.75 Å². The van der Waals surface area contributed by atoms with Gasteiger partial charge in [-0.2, -0.15) is 5.26 Å². The van der Waals surface area contributed by atoms with E-state index in [1.54, 1.807) is 6.92 Å². The molecule has 0 heterocycles. The van der Waals surface area contributed by atoms with Gasteiger partial charge in [0.1, 0.15) is 5.75 Å². The number of halogens is 4. The molecule has 0 saturated heterocycles. The molecule has 4 nitrogen and oxygen atoms in total. The third kappa shape index (κ3) is 4.83. The summed E-state index contributed by atoms with van der Waals surface area (Å²) in [5, 5.41) is 8.95. The zero-order valence-corrected chi connectivity index (χ0v) is 11.7. The topological polar surface area (TPSA) is 59.3 Å². The van der Waals surface area contributed by atoms with Gasteiger partial charge in [0, 0.05) is 11.4 Å². The van der Waals surface area contributed by atoms with Gasteiger partial charge in [0.05, 0.1) is 24.7 Å². The number of carbonyl (C=O) groups is 1. The maximum atomic E-state index is 12.4. The SMILES string of the molecule is CCOC(=O)Cc1c(OC(F)(F)F)ccc(C#N)c1CCl. The van der Waals surface area contributed by atoms with Crippen molar-refractivity contribution in [2.75, 3.05) is 6.61 Å². The van der Waals surface area contributed by atoms with E-state index in [9.17, 15) is 18.0 Å². The first kappa shape index (κ1) is 17.1. The summed E-state index contributed by atoms with van der Waals surface area (Å²) in [6.45, 7) is 1.65. The van der Waals surface area contributed by atoms with Crippen molar-refractivity contribution in [2.45, 2.75) is 25.6 Å². The van der Waals surface area contributed by atoms with E-state index >= 15 is 0 Å². The van der Waals surface area contributed by atoms with Crippen molar-refractivity contribution in [3.63, 3.8) is 0 Å². The van der Waals surface area contributed by atoms with Crippen LogP contribution in [0.25, 0.3) is 0 Å².